The van der Waals surface area contributed by atoms with Crippen LogP contribution in [0, 0.1) is 0 Å². The van der Waals surface area contributed by atoms with Crippen LogP contribution in [0.1, 0.15) is 56.2 Å². The number of aliphatic imine (C=N–C) groups is 1. The number of rotatable bonds is 7. The highest BCUT2D eigenvalue weighted by molar-refractivity contribution is 7.79. The Kier molecular flexibility index (Phi) is 7.53. The van der Waals surface area contributed by atoms with Crippen molar-refractivity contribution in [3.63, 3.8) is 0 Å². The Morgan fingerprint density at radius 1 is 0.545 bits per heavy atom. The first-order chi connectivity index (χ1) is 16.0. The number of para-hydroxylation sites is 1. The minimum atomic E-state index is -0.584. The van der Waals surface area contributed by atoms with Gasteiger partial charge in [-0.2, -0.15) is 0 Å². The molecule has 1 nitrogen and oxygen atoms in total. The molecule has 0 aromatic heterocycles. The summed E-state index contributed by atoms with van der Waals surface area (Å²) in [6, 6.07) is 37.2. The van der Waals surface area contributed by atoms with E-state index in [1.54, 1.807) is 0 Å². The fraction of sp³-hybridized carbons (Fsp3) is 0.194. The fourth-order valence-electron chi connectivity index (χ4n) is 4.11. The van der Waals surface area contributed by atoms with Crippen molar-refractivity contribution >= 4 is 35.7 Å². The summed E-state index contributed by atoms with van der Waals surface area (Å²) in [5.74, 6) is 0.886. The molecule has 0 radical (unpaired) electrons. The molecule has 2 heteroatoms. The van der Waals surface area contributed by atoms with E-state index in [1.165, 1.54) is 27.0 Å². The van der Waals surface area contributed by atoms with Crippen molar-refractivity contribution in [2.45, 2.75) is 39.5 Å². The standard InChI is InChI=1S/C31H32NP/c1-23(2)29-16-11-17-30(24(3)4)31(29)32-22-25-18-20-28(21-19-25)33(26-12-7-5-8-13-26)27-14-9-6-10-15-27/h5-24H,1-4H3. The Bertz CT molecular complexity index is 1130. The Hall–Kier alpha value is -3.02. The van der Waals surface area contributed by atoms with Crippen molar-refractivity contribution in [2.24, 2.45) is 4.99 Å². The molecule has 33 heavy (non-hydrogen) atoms. The summed E-state index contributed by atoms with van der Waals surface area (Å²) in [5.41, 5.74) is 4.88. The lowest BCUT2D eigenvalue weighted by Crippen LogP contribution is -2.20. The van der Waals surface area contributed by atoms with E-state index in [0.717, 1.165) is 11.3 Å². The maximum atomic E-state index is 4.99. The summed E-state index contributed by atoms with van der Waals surface area (Å²) in [4.78, 5) is 4.99. The zero-order chi connectivity index (χ0) is 23.2. The molecule has 0 bridgehead atoms. The number of benzene rings is 4. The molecule has 0 spiro atoms. The lowest BCUT2D eigenvalue weighted by Gasteiger charge is -2.19. The maximum Gasteiger partial charge on any atom is 0.0699 e. The van der Waals surface area contributed by atoms with Gasteiger partial charge in [0.2, 0.25) is 0 Å². The minimum Gasteiger partial charge on any atom is -0.256 e. The Morgan fingerprint density at radius 2 is 1.00 bits per heavy atom. The van der Waals surface area contributed by atoms with E-state index in [2.05, 4.69) is 131 Å². The summed E-state index contributed by atoms with van der Waals surface area (Å²) < 4.78 is 0. The lowest BCUT2D eigenvalue weighted by molar-refractivity contribution is 0.835. The molecule has 0 aliphatic heterocycles. The van der Waals surface area contributed by atoms with Gasteiger partial charge in [-0.25, -0.2) is 0 Å². The first-order valence-electron chi connectivity index (χ1n) is 11.7. The van der Waals surface area contributed by atoms with Gasteiger partial charge in [0.1, 0.15) is 0 Å². The third kappa shape index (κ3) is 5.49. The van der Waals surface area contributed by atoms with E-state index in [9.17, 15) is 0 Å². The zero-order valence-corrected chi connectivity index (χ0v) is 20.8. The highest BCUT2D eigenvalue weighted by Crippen LogP contribution is 2.35. The Morgan fingerprint density at radius 3 is 1.45 bits per heavy atom. The van der Waals surface area contributed by atoms with E-state index in [0.29, 0.717) is 11.8 Å². The SMILES string of the molecule is CC(C)c1cccc(C(C)C)c1N=Cc1ccc(P(c2ccccc2)c2ccccc2)cc1. The Balaban J connectivity index is 1.67. The molecule has 0 atom stereocenters. The molecule has 0 N–H and O–H groups in total. The van der Waals surface area contributed by atoms with Crippen LogP contribution in [-0.2, 0) is 0 Å². The maximum absolute atomic E-state index is 4.99. The monoisotopic (exact) mass is 449 g/mol. The third-order valence-corrected chi connectivity index (χ3v) is 8.31. The van der Waals surface area contributed by atoms with Gasteiger partial charge >= 0.3 is 0 Å². The zero-order valence-electron chi connectivity index (χ0n) is 19.9. The summed E-state index contributed by atoms with van der Waals surface area (Å²) in [6.45, 7) is 8.96. The van der Waals surface area contributed by atoms with Crippen LogP contribution in [0.15, 0.2) is 108 Å². The third-order valence-electron chi connectivity index (χ3n) is 5.87. The van der Waals surface area contributed by atoms with Crippen LogP contribution in [-0.4, -0.2) is 6.21 Å². The van der Waals surface area contributed by atoms with E-state index in [4.69, 9.17) is 4.99 Å². The largest absolute Gasteiger partial charge is 0.256 e. The smallest absolute Gasteiger partial charge is 0.0699 e. The van der Waals surface area contributed by atoms with Gasteiger partial charge in [0, 0.05) is 6.21 Å². The first-order valence-corrected chi connectivity index (χ1v) is 13.1. The number of hydrogen-bond donors (Lipinski definition) is 0. The molecule has 4 rings (SSSR count). The summed E-state index contributed by atoms with van der Waals surface area (Å²) in [5, 5.41) is 4.09. The molecular formula is C31H32NP. The highest BCUT2D eigenvalue weighted by Gasteiger charge is 2.16. The quantitative estimate of drug-likeness (QED) is 0.205. The summed E-state index contributed by atoms with van der Waals surface area (Å²) >= 11 is 0. The van der Waals surface area contributed by atoms with Gasteiger partial charge < -0.3 is 0 Å². The molecular weight excluding hydrogens is 417 g/mol. The van der Waals surface area contributed by atoms with Gasteiger partial charge in [-0.05, 0) is 52.4 Å². The van der Waals surface area contributed by atoms with Gasteiger partial charge in [0.25, 0.3) is 0 Å². The van der Waals surface area contributed by atoms with Crippen LogP contribution in [0.5, 0.6) is 0 Å². The molecule has 4 aromatic rings. The molecule has 4 aromatic carbocycles. The second-order valence-corrected chi connectivity index (χ2v) is 11.2. The van der Waals surface area contributed by atoms with E-state index in [1.807, 2.05) is 6.21 Å². The summed E-state index contributed by atoms with van der Waals surface area (Å²) in [6.07, 6.45) is 2.02. The van der Waals surface area contributed by atoms with Gasteiger partial charge in [-0.15, -0.1) is 0 Å². The van der Waals surface area contributed by atoms with E-state index >= 15 is 0 Å². The van der Waals surface area contributed by atoms with Gasteiger partial charge in [0.15, 0.2) is 0 Å². The highest BCUT2D eigenvalue weighted by atomic mass is 31.1. The van der Waals surface area contributed by atoms with Gasteiger partial charge in [-0.1, -0.05) is 131 Å². The van der Waals surface area contributed by atoms with E-state index < -0.39 is 7.92 Å². The summed E-state index contributed by atoms with van der Waals surface area (Å²) in [7, 11) is -0.584. The molecule has 0 aliphatic rings. The second-order valence-electron chi connectivity index (χ2n) is 8.95. The minimum absolute atomic E-state index is 0.443. The molecule has 0 heterocycles. The van der Waals surface area contributed by atoms with Crippen LogP contribution in [0.2, 0.25) is 0 Å². The topological polar surface area (TPSA) is 12.4 Å². The second kappa shape index (κ2) is 10.7. The predicted molar refractivity (Wildman–Crippen MR) is 147 cm³/mol. The molecule has 166 valence electrons. The average Bonchev–Trinajstić information content (AvgIpc) is 2.84. The van der Waals surface area contributed by atoms with Crippen LogP contribution in [0.3, 0.4) is 0 Å². The predicted octanol–water partition coefficient (Wildman–Crippen LogP) is 7.44. The van der Waals surface area contributed by atoms with Crippen molar-refractivity contribution in [1.29, 1.82) is 0 Å². The fourth-order valence-corrected chi connectivity index (χ4v) is 6.39. The first kappa shape index (κ1) is 23.1. The van der Waals surface area contributed by atoms with Crippen LogP contribution >= 0.6 is 7.92 Å². The molecule has 0 saturated carbocycles. The molecule has 0 unspecified atom stereocenters. The van der Waals surface area contributed by atoms with Crippen LogP contribution in [0.4, 0.5) is 5.69 Å². The van der Waals surface area contributed by atoms with Crippen LogP contribution in [0.25, 0.3) is 0 Å². The average molecular weight is 450 g/mol. The van der Waals surface area contributed by atoms with Crippen molar-refractivity contribution in [3.05, 3.63) is 120 Å². The Labute approximate surface area is 200 Å². The van der Waals surface area contributed by atoms with Gasteiger partial charge in [0.05, 0.1) is 5.69 Å². The number of hydrogen-bond acceptors (Lipinski definition) is 1. The van der Waals surface area contributed by atoms with Crippen molar-refractivity contribution in [3.8, 4) is 0 Å². The normalized spacial score (nSPS) is 11.7. The van der Waals surface area contributed by atoms with Crippen LogP contribution < -0.4 is 15.9 Å². The van der Waals surface area contributed by atoms with Gasteiger partial charge in [-0.3, -0.25) is 4.99 Å². The molecule has 0 saturated heterocycles. The molecule has 0 amide bonds. The van der Waals surface area contributed by atoms with Crippen molar-refractivity contribution < 1.29 is 0 Å². The number of nitrogens with zero attached hydrogens (tertiary/aromatic N) is 1. The molecule has 0 fully saturated rings. The van der Waals surface area contributed by atoms with Crippen molar-refractivity contribution in [1.82, 2.24) is 0 Å². The van der Waals surface area contributed by atoms with Crippen molar-refractivity contribution in [2.75, 3.05) is 0 Å². The van der Waals surface area contributed by atoms with E-state index in [-0.39, 0.29) is 0 Å². The molecule has 0 aliphatic carbocycles. The lowest BCUT2D eigenvalue weighted by atomic mass is 9.93.